The minimum atomic E-state index is -4.59. The molecule has 0 aliphatic carbocycles. The van der Waals surface area contributed by atoms with Crippen molar-refractivity contribution in [3.63, 3.8) is 0 Å². The summed E-state index contributed by atoms with van der Waals surface area (Å²) in [5.74, 6) is -0.563. The van der Waals surface area contributed by atoms with Crippen LogP contribution in [0.25, 0.3) is 32.9 Å². The fourth-order valence-electron chi connectivity index (χ4n) is 3.45. The van der Waals surface area contributed by atoms with E-state index in [2.05, 4.69) is 14.9 Å². The van der Waals surface area contributed by atoms with Gasteiger partial charge in [-0.2, -0.15) is 18.3 Å². The van der Waals surface area contributed by atoms with E-state index in [0.29, 0.717) is 26.6 Å². The van der Waals surface area contributed by atoms with Crippen LogP contribution in [0.5, 0.6) is 0 Å². The molecule has 7 nitrogen and oxygen atoms in total. The third-order valence-corrected chi connectivity index (χ3v) is 4.79. The van der Waals surface area contributed by atoms with Crippen LogP contribution >= 0.6 is 0 Å². The molecule has 0 amide bonds. The highest BCUT2D eigenvalue weighted by Gasteiger charge is 2.30. The molecule has 0 aliphatic rings. The summed E-state index contributed by atoms with van der Waals surface area (Å²) in [6.07, 6.45) is -3.38. The third kappa shape index (κ3) is 3.25. The number of fused-ring (bicyclic) bond motifs is 3. The van der Waals surface area contributed by atoms with Crippen LogP contribution < -0.4 is 11.3 Å². The van der Waals surface area contributed by atoms with E-state index in [-0.39, 0.29) is 22.2 Å². The first kappa shape index (κ1) is 19.5. The highest BCUT2D eigenvalue weighted by molar-refractivity contribution is 6.04. The number of carbonyl (C=O) groups excluding carboxylic acids is 1. The van der Waals surface area contributed by atoms with Crippen molar-refractivity contribution >= 4 is 33.5 Å². The number of nitrogen functional groups attached to an aromatic ring is 1. The second kappa shape index (κ2) is 6.90. The topological polar surface area (TPSA) is 103 Å². The van der Waals surface area contributed by atoms with Crippen molar-refractivity contribution in [2.45, 2.75) is 12.7 Å². The van der Waals surface area contributed by atoms with E-state index < -0.39 is 24.2 Å². The molecule has 0 unspecified atom stereocenters. The fourth-order valence-corrected chi connectivity index (χ4v) is 3.45. The molecule has 30 heavy (non-hydrogen) atoms. The van der Waals surface area contributed by atoms with Gasteiger partial charge >= 0.3 is 12.1 Å². The Labute approximate surface area is 166 Å². The van der Waals surface area contributed by atoms with Gasteiger partial charge in [0.1, 0.15) is 6.54 Å². The molecule has 0 aliphatic heterocycles. The number of nitrogens with zero attached hydrogens (tertiary/aromatic N) is 2. The minimum absolute atomic E-state index is 0.0708. The first-order valence-corrected chi connectivity index (χ1v) is 8.74. The predicted octanol–water partition coefficient (Wildman–Crippen LogP) is 3.48. The number of hydrogen-bond acceptors (Lipinski definition) is 5. The maximum Gasteiger partial charge on any atom is 0.406 e. The van der Waals surface area contributed by atoms with Crippen LogP contribution in [0.4, 0.5) is 18.9 Å². The molecule has 3 N–H and O–H groups in total. The number of aromatic amines is 1. The molecule has 2 heterocycles. The van der Waals surface area contributed by atoms with Gasteiger partial charge in [0.15, 0.2) is 0 Å². The number of aromatic nitrogens is 3. The first-order valence-electron chi connectivity index (χ1n) is 8.74. The molecule has 2 aromatic carbocycles. The lowest BCUT2D eigenvalue weighted by Crippen LogP contribution is -2.28. The Kier molecular flexibility index (Phi) is 4.49. The van der Waals surface area contributed by atoms with Crippen molar-refractivity contribution in [3.8, 4) is 11.1 Å². The molecule has 2 aromatic heterocycles. The summed E-state index contributed by atoms with van der Waals surface area (Å²) in [7, 11) is 1.24. The van der Waals surface area contributed by atoms with Crippen molar-refractivity contribution in [3.05, 3.63) is 58.5 Å². The number of nitrogens with one attached hydrogen (secondary N) is 1. The Hall–Kier alpha value is -3.82. The number of esters is 1. The Morgan fingerprint density at radius 2 is 1.97 bits per heavy atom. The molecule has 0 radical (unpaired) electrons. The number of alkyl halides is 3. The minimum Gasteiger partial charge on any atom is -0.465 e. The normalized spacial score (nSPS) is 11.9. The average molecular weight is 416 g/mol. The smallest absolute Gasteiger partial charge is 0.406 e. The molecular weight excluding hydrogens is 401 g/mol. The number of anilines is 1. The molecule has 10 heteroatoms. The van der Waals surface area contributed by atoms with Gasteiger partial charge in [-0.1, -0.05) is 18.2 Å². The van der Waals surface area contributed by atoms with E-state index >= 15 is 0 Å². The Bertz CT molecular complexity index is 1360. The summed E-state index contributed by atoms with van der Waals surface area (Å²) in [5.41, 5.74) is 7.18. The molecule has 0 saturated heterocycles. The van der Waals surface area contributed by atoms with Crippen LogP contribution in [-0.2, 0) is 11.3 Å². The van der Waals surface area contributed by atoms with Crippen LogP contribution in [0.3, 0.4) is 0 Å². The van der Waals surface area contributed by atoms with Crippen LogP contribution in [0.2, 0.25) is 0 Å². The molecule has 0 saturated carbocycles. The summed E-state index contributed by atoms with van der Waals surface area (Å²) in [6, 6.07) is 9.24. The summed E-state index contributed by atoms with van der Waals surface area (Å²) >= 11 is 0. The Morgan fingerprint density at radius 1 is 1.20 bits per heavy atom. The van der Waals surface area contributed by atoms with Crippen LogP contribution in [0, 0.1) is 0 Å². The van der Waals surface area contributed by atoms with E-state index in [1.807, 2.05) is 0 Å². The average Bonchev–Trinajstić information content (AvgIpc) is 3.19. The summed E-state index contributed by atoms with van der Waals surface area (Å²) < 4.78 is 44.8. The first-order chi connectivity index (χ1) is 14.2. The van der Waals surface area contributed by atoms with Gasteiger partial charge in [-0.3, -0.25) is 14.5 Å². The lowest BCUT2D eigenvalue weighted by Gasteiger charge is -2.15. The summed E-state index contributed by atoms with van der Waals surface area (Å²) in [6.45, 7) is -1.44. The van der Waals surface area contributed by atoms with Gasteiger partial charge in [-0.05, 0) is 23.8 Å². The maximum absolute atomic E-state index is 13.2. The number of rotatable bonds is 3. The largest absolute Gasteiger partial charge is 0.465 e. The number of H-pyrrole nitrogens is 1. The van der Waals surface area contributed by atoms with Crippen molar-refractivity contribution in [1.29, 1.82) is 0 Å². The van der Waals surface area contributed by atoms with Crippen molar-refractivity contribution in [2.75, 3.05) is 12.8 Å². The maximum atomic E-state index is 13.2. The fraction of sp³-hybridized carbons (Fsp3) is 0.150. The summed E-state index contributed by atoms with van der Waals surface area (Å²) in [5, 5.41) is 6.95. The van der Waals surface area contributed by atoms with E-state index in [4.69, 9.17) is 5.73 Å². The standard InChI is InChI=1S/C20H15F3N4O3/c1-30-19(29)11-3-4-12(15(24)6-11)10-2-5-13-16(7-10)27(9-20(21,22)23)18(28)14-8-25-26-17(13)14/h2-8H,9,24H2,1H3,(H,25,26). The van der Waals surface area contributed by atoms with Gasteiger partial charge in [0.05, 0.1) is 35.3 Å². The number of halogens is 3. The molecule has 0 spiro atoms. The highest BCUT2D eigenvalue weighted by atomic mass is 19.4. The van der Waals surface area contributed by atoms with Gasteiger partial charge in [0.25, 0.3) is 5.56 Å². The quantitative estimate of drug-likeness (QED) is 0.393. The molecular formula is C20H15F3N4O3. The van der Waals surface area contributed by atoms with Crippen LogP contribution in [-0.4, -0.2) is 34.0 Å². The van der Waals surface area contributed by atoms with Gasteiger partial charge in [-0.15, -0.1) is 0 Å². The van der Waals surface area contributed by atoms with E-state index in [1.54, 1.807) is 18.2 Å². The predicted molar refractivity (Wildman–Crippen MR) is 105 cm³/mol. The molecule has 4 aromatic rings. The number of methoxy groups -OCH3 is 1. The van der Waals surface area contributed by atoms with Gasteiger partial charge in [-0.25, -0.2) is 4.79 Å². The second-order valence-electron chi connectivity index (χ2n) is 6.69. The number of ether oxygens (including phenoxy) is 1. The monoisotopic (exact) mass is 416 g/mol. The Morgan fingerprint density at radius 3 is 2.63 bits per heavy atom. The molecule has 0 bridgehead atoms. The lowest BCUT2D eigenvalue weighted by atomic mass is 9.99. The zero-order chi connectivity index (χ0) is 21.6. The third-order valence-electron chi connectivity index (χ3n) is 4.79. The molecule has 154 valence electrons. The van der Waals surface area contributed by atoms with Gasteiger partial charge in [0.2, 0.25) is 0 Å². The molecule has 4 rings (SSSR count). The van der Waals surface area contributed by atoms with Crippen molar-refractivity contribution < 1.29 is 22.7 Å². The summed E-state index contributed by atoms with van der Waals surface area (Å²) in [4.78, 5) is 24.3. The second-order valence-corrected chi connectivity index (χ2v) is 6.69. The van der Waals surface area contributed by atoms with Gasteiger partial charge < -0.3 is 10.5 Å². The zero-order valence-corrected chi connectivity index (χ0v) is 15.6. The van der Waals surface area contributed by atoms with E-state index in [9.17, 15) is 22.8 Å². The van der Waals surface area contributed by atoms with Crippen LogP contribution in [0.1, 0.15) is 10.4 Å². The zero-order valence-electron chi connectivity index (χ0n) is 15.6. The number of hydrogen-bond donors (Lipinski definition) is 2. The molecule has 0 fully saturated rings. The number of pyridine rings is 1. The molecule has 0 atom stereocenters. The van der Waals surface area contributed by atoms with Gasteiger partial charge in [0, 0.05) is 16.6 Å². The van der Waals surface area contributed by atoms with Crippen molar-refractivity contribution in [1.82, 2.24) is 14.8 Å². The van der Waals surface area contributed by atoms with Crippen LogP contribution in [0.15, 0.2) is 47.4 Å². The number of nitrogens with two attached hydrogens (primary N) is 1. The highest BCUT2D eigenvalue weighted by Crippen LogP contribution is 2.32. The lowest BCUT2D eigenvalue weighted by molar-refractivity contribution is -0.140. The number of benzene rings is 2. The Balaban J connectivity index is 1.96. The number of carbonyl (C=O) groups is 1. The van der Waals surface area contributed by atoms with Crippen molar-refractivity contribution in [2.24, 2.45) is 0 Å². The SMILES string of the molecule is COC(=O)c1ccc(-c2ccc3c4[nH]ncc4c(=O)n(CC(F)(F)F)c3c2)c(N)c1. The van der Waals surface area contributed by atoms with E-state index in [1.165, 1.54) is 31.5 Å². The van der Waals surface area contributed by atoms with E-state index in [0.717, 1.165) is 0 Å².